The van der Waals surface area contributed by atoms with Crippen LogP contribution in [-0.2, 0) is 17.1 Å². The van der Waals surface area contributed by atoms with E-state index in [0.717, 1.165) is 0 Å². The Balaban J connectivity index is 1.47. The Morgan fingerprint density at radius 3 is 2.77 bits per heavy atom. The Morgan fingerprint density at radius 1 is 1.15 bits per heavy atom. The smallest absolute Gasteiger partial charge is 0.261 e. The Hall–Kier alpha value is -2.67. The first-order chi connectivity index (χ1) is 12.6. The molecule has 26 heavy (non-hydrogen) atoms. The van der Waals surface area contributed by atoms with Gasteiger partial charge in [0.25, 0.3) is 5.56 Å². The molecule has 0 saturated heterocycles. The van der Waals surface area contributed by atoms with E-state index >= 15 is 0 Å². The number of benzene rings is 2. The van der Waals surface area contributed by atoms with Crippen LogP contribution in [0.1, 0.15) is 5.56 Å². The zero-order valence-electron chi connectivity index (χ0n) is 14.0. The van der Waals surface area contributed by atoms with Crippen molar-refractivity contribution in [3.05, 3.63) is 76.6 Å². The monoisotopic (exact) mass is 371 g/mol. The van der Waals surface area contributed by atoms with Crippen LogP contribution in [0.4, 0.5) is 4.39 Å². The Bertz CT molecular complexity index is 974. The number of nitrogens with zero attached hydrogens (tertiary/aromatic N) is 2. The van der Waals surface area contributed by atoms with Gasteiger partial charge in [0.05, 0.1) is 17.2 Å². The molecule has 0 aliphatic rings. The van der Waals surface area contributed by atoms with Crippen molar-refractivity contribution in [2.75, 3.05) is 12.3 Å². The Kier molecular flexibility index (Phi) is 6.01. The molecule has 0 atom stereocenters. The first-order valence-corrected chi connectivity index (χ1v) is 9.32. The van der Waals surface area contributed by atoms with Crippen molar-refractivity contribution in [1.29, 1.82) is 0 Å². The molecule has 0 bridgehead atoms. The second kappa shape index (κ2) is 8.62. The second-order valence-electron chi connectivity index (χ2n) is 5.69. The molecule has 134 valence electrons. The van der Waals surface area contributed by atoms with Crippen LogP contribution < -0.4 is 10.9 Å². The first-order valence-electron chi connectivity index (χ1n) is 8.17. The van der Waals surface area contributed by atoms with Gasteiger partial charge in [-0.25, -0.2) is 9.37 Å². The van der Waals surface area contributed by atoms with Gasteiger partial charge in [-0.3, -0.25) is 14.2 Å². The van der Waals surface area contributed by atoms with Crippen molar-refractivity contribution in [3.63, 3.8) is 0 Å². The summed E-state index contributed by atoms with van der Waals surface area (Å²) >= 11 is 1.54. The third-order valence-corrected chi connectivity index (χ3v) is 4.84. The summed E-state index contributed by atoms with van der Waals surface area (Å²) in [5.41, 5.74) is 1.02. The molecule has 0 unspecified atom stereocenters. The minimum atomic E-state index is -0.254. The largest absolute Gasteiger partial charge is 0.354 e. The fourth-order valence-electron chi connectivity index (χ4n) is 2.49. The molecule has 3 aromatic rings. The highest BCUT2D eigenvalue weighted by molar-refractivity contribution is 7.98. The quantitative estimate of drug-likeness (QED) is 0.649. The second-order valence-corrected chi connectivity index (χ2v) is 6.79. The highest BCUT2D eigenvalue weighted by Gasteiger charge is 2.07. The molecule has 1 amide bonds. The van der Waals surface area contributed by atoms with Crippen molar-refractivity contribution in [2.24, 2.45) is 0 Å². The van der Waals surface area contributed by atoms with E-state index in [1.165, 1.54) is 28.7 Å². The van der Waals surface area contributed by atoms with Crippen LogP contribution in [0.15, 0.2) is 59.7 Å². The van der Waals surface area contributed by atoms with Gasteiger partial charge in [-0.05, 0) is 23.8 Å². The average Bonchev–Trinajstić information content (AvgIpc) is 2.65. The Labute approximate surface area is 154 Å². The van der Waals surface area contributed by atoms with Crippen LogP contribution >= 0.6 is 11.8 Å². The molecule has 0 spiro atoms. The number of thioether (sulfide) groups is 1. The molecule has 0 radical (unpaired) electrons. The molecule has 7 heteroatoms. The van der Waals surface area contributed by atoms with Crippen LogP contribution in [0.5, 0.6) is 0 Å². The van der Waals surface area contributed by atoms with Crippen LogP contribution in [0.25, 0.3) is 10.9 Å². The van der Waals surface area contributed by atoms with E-state index in [0.29, 0.717) is 34.5 Å². The number of halogens is 1. The van der Waals surface area contributed by atoms with Crippen molar-refractivity contribution >= 4 is 28.6 Å². The summed E-state index contributed by atoms with van der Waals surface area (Å²) in [5.74, 6) is 0.740. The van der Waals surface area contributed by atoms with Crippen molar-refractivity contribution in [1.82, 2.24) is 14.9 Å². The van der Waals surface area contributed by atoms with Crippen molar-refractivity contribution in [2.45, 2.75) is 12.3 Å². The van der Waals surface area contributed by atoms with Gasteiger partial charge in [-0.1, -0.05) is 30.3 Å². The topological polar surface area (TPSA) is 64.0 Å². The summed E-state index contributed by atoms with van der Waals surface area (Å²) in [6, 6.07) is 13.7. The van der Waals surface area contributed by atoms with E-state index in [2.05, 4.69) is 10.3 Å². The summed E-state index contributed by atoms with van der Waals surface area (Å²) in [6.07, 6.45) is 1.39. The van der Waals surface area contributed by atoms with Crippen molar-refractivity contribution in [3.8, 4) is 0 Å². The van der Waals surface area contributed by atoms with Gasteiger partial charge in [0.15, 0.2) is 0 Å². The average molecular weight is 371 g/mol. The zero-order chi connectivity index (χ0) is 18.4. The van der Waals surface area contributed by atoms with Gasteiger partial charge in [0, 0.05) is 18.1 Å². The fraction of sp³-hybridized carbons (Fsp3) is 0.211. The number of rotatable bonds is 7. The van der Waals surface area contributed by atoms with Gasteiger partial charge in [-0.15, -0.1) is 0 Å². The molecule has 2 aromatic carbocycles. The van der Waals surface area contributed by atoms with E-state index in [-0.39, 0.29) is 23.8 Å². The van der Waals surface area contributed by atoms with E-state index in [4.69, 9.17) is 0 Å². The summed E-state index contributed by atoms with van der Waals surface area (Å²) in [6.45, 7) is 0.377. The zero-order valence-corrected chi connectivity index (χ0v) is 14.8. The number of para-hydroxylation sites is 1. The lowest BCUT2D eigenvalue weighted by Crippen LogP contribution is -2.33. The first kappa shape index (κ1) is 18.1. The predicted molar refractivity (Wildman–Crippen MR) is 102 cm³/mol. The highest BCUT2D eigenvalue weighted by Crippen LogP contribution is 2.14. The number of hydrogen-bond donors (Lipinski definition) is 1. The number of carbonyl (C=O) groups is 1. The number of fused-ring (bicyclic) bond motifs is 1. The molecule has 5 nitrogen and oxygen atoms in total. The SMILES string of the molecule is O=C(Cn1cnc2ccccc2c1=O)NCCSCc1ccccc1F. The minimum Gasteiger partial charge on any atom is -0.354 e. The predicted octanol–water partition coefficient (Wildman–Crippen LogP) is 2.59. The molecule has 0 saturated carbocycles. The third-order valence-electron chi connectivity index (χ3n) is 3.83. The van der Waals surface area contributed by atoms with Gasteiger partial charge in [0.1, 0.15) is 12.4 Å². The highest BCUT2D eigenvalue weighted by atomic mass is 32.2. The third kappa shape index (κ3) is 4.49. The van der Waals surface area contributed by atoms with Gasteiger partial charge >= 0.3 is 0 Å². The summed E-state index contributed by atoms with van der Waals surface area (Å²) < 4.78 is 14.8. The van der Waals surface area contributed by atoms with Gasteiger partial charge in [0.2, 0.25) is 5.91 Å². The van der Waals surface area contributed by atoms with E-state index in [1.54, 1.807) is 36.4 Å². The standard InChI is InChI=1S/C19H18FN3O2S/c20-16-7-3-1-5-14(16)12-26-10-9-21-18(24)11-23-13-22-17-8-4-2-6-15(17)19(23)25/h1-8,13H,9-12H2,(H,21,24). The maximum absolute atomic E-state index is 13.5. The molecule has 0 aliphatic heterocycles. The molecular formula is C19H18FN3O2S. The summed E-state index contributed by atoms with van der Waals surface area (Å²) in [5, 5.41) is 3.26. The van der Waals surface area contributed by atoms with Crippen LogP contribution in [0.3, 0.4) is 0 Å². The number of amides is 1. The van der Waals surface area contributed by atoms with Crippen molar-refractivity contribution < 1.29 is 9.18 Å². The number of nitrogens with one attached hydrogen (secondary N) is 1. The van der Waals surface area contributed by atoms with Gasteiger partial charge < -0.3 is 5.32 Å². The molecule has 0 aliphatic carbocycles. The minimum absolute atomic E-state index is 0.0748. The molecule has 1 aromatic heterocycles. The van der Waals surface area contributed by atoms with Crippen LogP contribution in [0, 0.1) is 5.82 Å². The van der Waals surface area contributed by atoms with E-state index in [1.807, 2.05) is 6.07 Å². The van der Waals surface area contributed by atoms with E-state index < -0.39 is 0 Å². The lowest BCUT2D eigenvalue weighted by atomic mass is 10.2. The lowest BCUT2D eigenvalue weighted by molar-refractivity contribution is -0.121. The number of hydrogen-bond acceptors (Lipinski definition) is 4. The maximum atomic E-state index is 13.5. The number of carbonyl (C=O) groups excluding carboxylic acids is 1. The van der Waals surface area contributed by atoms with Gasteiger partial charge in [-0.2, -0.15) is 11.8 Å². The van der Waals surface area contributed by atoms with E-state index in [9.17, 15) is 14.0 Å². The van der Waals surface area contributed by atoms with Crippen LogP contribution in [-0.4, -0.2) is 27.8 Å². The molecule has 0 fully saturated rings. The van der Waals surface area contributed by atoms with Crippen LogP contribution in [0.2, 0.25) is 0 Å². The normalized spacial score (nSPS) is 10.8. The Morgan fingerprint density at radius 2 is 1.92 bits per heavy atom. The molecule has 1 heterocycles. The molecular weight excluding hydrogens is 353 g/mol. The molecule has 3 rings (SSSR count). The lowest BCUT2D eigenvalue weighted by Gasteiger charge is -2.08. The number of aromatic nitrogens is 2. The maximum Gasteiger partial charge on any atom is 0.261 e. The fourth-order valence-corrected chi connectivity index (χ4v) is 3.33. The molecule has 1 N–H and O–H groups in total. The summed E-state index contributed by atoms with van der Waals surface area (Å²) in [4.78, 5) is 28.5. The summed E-state index contributed by atoms with van der Waals surface area (Å²) in [7, 11) is 0.